The lowest BCUT2D eigenvalue weighted by atomic mass is 10.1. The molecule has 2 aromatic heterocycles. The van der Waals surface area contributed by atoms with E-state index in [0.29, 0.717) is 6.04 Å². The minimum Gasteiger partial charge on any atom is -0.497 e. The minimum atomic E-state index is 0.398. The van der Waals surface area contributed by atoms with Crippen LogP contribution in [0.1, 0.15) is 19.5 Å². The lowest BCUT2D eigenvalue weighted by Crippen LogP contribution is -2.32. The van der Waals surface area contributed by atoms with Crippen molar-refractivity contribution in [3.8, 4) is 22.8 Å². The first-order chi connectivity index (χ1) is 16.4. The molecule has 0 bridgehead atoms. The average molecular weight is 461 g/mol. The first kappa shape index (κ1) is 23.5. The molecule has 0 saturated carbocycles. The summed E-state index contributed by atoms with van der Waals surface area (Å²) >= 11 is 0. The molecule has 8 heteroatoms. The number of rotatable bonds is 9. The third-order valence-electron chi connectivity index (χ3n) is 5.88. The van der Waals surface area contributed by atoms with E-state index in [1.54, 1.807) is 14.2 Å². The first-order valence-corrected chi connectivity index (χ1v) is 11.4. The number of ether oxygens (including phenoxy) is 2. The van der Waals surface area contributed by atoms with Gasteiger partial charge in [-0.15, -0.1) is 0 Å². The monoisotopic (exact) mass is 460 g/mol. The fourth-order valence-corrected chi connectivity index (χ4v) is 3.87. The maximum Gasteiger partial charge on any atom is 0.124 e. The molecule has 0 saturated heterocycles. The first-order valence-electron chi connectivity index (χ1n) is 11.4. The van der Waals surface area contributed by atoms with Crippen molar-refractivity contribution in [3.63, 3.8) is 0 Å². The largest absolute Gasteiger partial charge is 0.497 e. The van der Waals surface area contributed by atoms with Crippen LogP contribution in [0, 0.1) is 6.92 Å². The Bertz CT molecular complexity index is 1260. The van der Waals surface area contributed by atoms with Crippen molar-refractivity contribution in [1.29, 1.82) is 0 Å². The van der Waals surface area contributed by atoms with Crippen molar-refractivity contribution in [2.24, 2.45) is 7.05 Å². The van der Waals surface area contributed by atoms with E-state index in [2.05, 4.69) is 46.3 Å². The van der Waals surface area contributed by atoms with E-state index in [1.807, 2.05) is 55.3 Å². The fraction of sp³-hybridized carbons (Fsp3) is 0.346. The number of aryl methyl sites for hydroxylation is 1. The Morgan fingerprint density at radius 1 is 0.971 bits per heavy atom. The molecule has 0 spiro atoms. The number of benzene rings is 2. The standard InChI is InChI=1S/C26H32N6O2/c1-17(2)27-9-10-32(20-11-21(33-5)14-22(12-20)34-6)19-7-8-24-25(13-19)30-26(16-28-24)23-15-29-31(4)18(23)3/h7-8,11-17,27H,9-10H2,1-6H3. The van der Waals surface area contributed by atoms with E-state index >= 15 is 0 Å². The number of hydrogen-bond donors (Lipinski definition) is 1. The van der Waals surface area contributed by atoms with Gasteiger partial charge in [0.25, 0.3) is 0 Å². The Morgan fingerprint density at radius 2 is 1.71 bits per heavy atom. The van der Waals surface area contributed by atoms with Gasteiger partial charge in [0.2, 0.25) is 0 Å². The van der Waals surface area contributed by atoms with Gasteiger partial charge in [-0.25, -0.2) is 4.98 Å². The highest BCUT2D eigenvalue weighted by Crippen LogP contribution is 2.34. The van der Waals surface area contributed by atoms with Crippen LogP contribution in [0.5, 0.6) is 11.5 Å². The van der Waals surface area contributed by atoms with E-state index in [9.17, 15) is 0 Å². The van der Waals surface area contributed by atoms with Crippen LogP contribution in [0.2, 0.25) is 0 Å². The Hall–Kier alpha value is -3.65. The number of nitrogens with zero attached hydrogens (tertiary/aromatic N) is 5. The Kier molecular flexibility index (Phi) is 6.98. The number of nitrogens with one attached hydrogen (secondary N) is 1. The molecule has 8 nitrogen and oxygen atoms in total. The van der Waals surface area contributed by atoms with E-state index in [-0.39, 0.29) is 0 Å². The van der Waals surface area contributed by atoms with Crippen molar-refractivity contribution in [2.45, 2.75) is 26.8 Å². The lowest BCUT2D eigenvalue weighted by Gasteiger charge is -2.27. The molecule has 0 fully saturated rings. The third-order valence-corrected chi connectivity index (χ3v) is 5.88. The summed E-state index contributed by atoms with van der Waals surface area (Å²) in [5.41, 5.74) is 6.52. The van der Waals surface area contributed by atoms with Gasteiger partial charge in [0.05, 0.1) is 43.3 Å². The van der Waals surface area contributed by atoms with Gasteiger partial charge in [-0.1, -0.05) is 13.8 Å². The van der Waals surface area contributed by atoms with Crippen LogP contribution >= 0.6 is 0 Å². The molecule has 178 valence electrons. The molecule has 0 unspecified atom stereocenters. The molecule has 1 N–H and O–H groups in total. The Morgan fingerprint density at radius 3 is 2.32 bits per heavy atom. The summed E-state index contributed by atoms with van der Waals surface area (Å²) in [6.45, 7) is 7.90. The molecular weight excluding hydrogens is 428 g/mol. The highest BCUT2D eigenvalue weighted by molar-refractivity contribution is 5.83. The van der Waals surface area contributed by atoms with Gasteiger partial charge in [0.15, 0.2) is 0 Å². The van der Waals surface area contributed by atoms with Gasteiger partial charge in [-0.2, -0.15) is 5.10 Å². The zero-order valence-electron chi connectivity index (χ0n) is 20.7. The Balaban J connectivity index is 1.77. The molecule has 0 aliphatic heterocycles. The summed E-state index contributed by atoms with van der Waals surface area (Å²) in [4.78, 5) is 11.8. The summed E-state index contributed by atoms with van der Waals surface area (Å²) in [5, 5.41) is 7.86. The van der Waals surface area contributed by atoms with E-state index in [0.717, 1.165) is 63.9 Å². The maximum atomic E-state index is 5.52. The van der Waals surface area contributed by atoms with Crippen molar-refractivity contribution in [3.05, 3.63) is 54.5 Å². The van der Waals surface area contributed by atoms with Crippen LogP contribution < -0.4 is 19.7 Å². The summed E-state index contributed by atoms with van der Waals surface area (Å²) in [7, 11) is 5.25. The number of anilines is 2. The number of methoxy groups -OCH3 is 2. The van der Waals surface area contributed by atoms with Crippen LogP contribution in [-0.4, -0.2) is 53.1 Å². The van der Waals surface area contributed by atoms with Crippen LogP contribution in [0.25, 0.3) is 22.3 Å². The Labute approximate surface area is 200 Å². The molecule has 2 heterocycles. The summed E-state index contributed by atoms with van der Waals surface area (Å²) in [6, 6.07) is 12.5. The van der Waals surface area contributed by atoms with E-state index in [4.69, 9.17) is 14.5 Å². The highest BCUT2D eigenvalue weighted by atomic mass is 16.5. The van der Waals surface area contributed by atoms with Crippen molar-refractivity contribution in [1.82, 2.24) is 25.1 Å². The van der Waals surface area contributed by atoms with Gasteiger partial charge < -0.3 is 19.7 Å². The normalized spacial score (nSPS) is 11.3. The smallest absolute Gasteiger partial charge is 0.124 e. The van der Waals surface area contributed by atoms with Crippen LogP contribution in [0.4, 0.5) is 11.4 Å². The zero-order chi connectivity index (χ0) is 24.2. The SMILES string of the molecule is COc1cc(OC)cc(N(CCNC(C)C)c2ccc3ncc(-c4cnn(C)c4C)nc3c2)c1. The van der Waals surface area contributed by atoms with Gasteiger partial charge in [-0.05, 0) is 25.1 Å². The minimum absolute atomic E-state index is 0.398. The fourth-order valence-electron chi connectivity index (χ4n) is 3.87. The van der Waals surface area contributed by atoms with Gasteiger partial charge >= 0.3 is 0 Å². The molecule has 34 heavy (non-hydrogen) atoms. The summed E-state index contributed by atoms with van der Waals surface area (Å²) in [6.07, 6.45) is 3.64. The van der Waals surface area contributed by atoms with Crippen molar-refractivity contribution in [2.75, 3.05) is 32.2 Å². The molecule has 2 aromatic carbocycles. The molecule has 4 rings (SSSR count). The molecular formula is C26H32N6O2. The zero-order valence-corrected chi connectivity index (χ0v) is 20.7. The summed E-state index contributed by atoms with van der Waals surface area (Å²) < 4.78 is 12.9. The quantitative estimate of drug-likeness (QED) is 0.394. The number of aromatic nitrogens is 4. The van der Waals surface area contributed by atoms with Gasteiger partial charge in [0, 0.05) is 67.0 Å². The van der Waals surface area contributed by atoms with Gasteiger partial charge in [0.1, 0.15) is 11.5 Å². The number of fused-ring (bicyclic) bond motifs is 1. The third kappa shape index (κ3) is 4.97. The predicted octanol–water partition coefficient (Wildman–Crippen LogP) is 4.49. The predicted molar refractivity (Wildman–Crippen MR) is 136 cm³/mol. The topological polar surface area (TPSA) is 77.3 Å². The van der Waals surface area contributed by atoms with Crippen molar-refractivity contribution < 1.29 is 9.47 Å². The molecule has 0 aliphatic rings. The average Bonchev–Trinajstić information content (AvgIpc) is 3.18. The summed E-state index contributed by atoms with van der Waals surface area (Å²) in [5.74, 6) is 1.48. The highest BCUT2D eigenvalue weighted by Gasteiger charge is 2.15. The number of hydrogen-bond acceptors (Lipinski definition) is 7. The maximum absolute atomic E-state index is 5.52. The van der Waals surface area contributed by atoms with Crippen LogP contribution in [0.15, 0.2) is 48.8 Å². The molecule has 4 aromatic rings. The lowest BCUT2D eigenvalue weighted by molar-refractivity contribution is 0.394. The molecule has 0 amide bonds. The molecule has 0 atom stereocenters. The molecule has 0 aliphatic carbocycles. The second-order valence-electron chi connectivity index (χ2n) is 8.53. The van der Waals surface area contributed by atoms with E-state index in [1.165, 1.54) is 0 Å². The van der Waals surface area contributed by atoms with Crippen LogP contribution in [-0.2, 0) is 7.05 Å². The van der Waals surface area contributed by atoms with Gasteiger partial charge in [-0.3, -0.25) is 9.67 Å². The van der Waals surface area contributed by atoms with E-state index < -0.39 is 0 Å². The second-order valence-corrected chi connectivity index (χ2v) is 8.53. The molecule has 0 radical (unpaired) electrons. The second kappa shape index (κ2) is 10.1. The van der Waals surface area contributed by atoms with Crippen molar-refractivity contribution >= 4 is 22.4 Å². The van der Waals surface area contributed by atoms with Crippen LogP contribution in [0.3, 0.4) is 0 Å².